The Balaban J connectivity index is 1.92. The van der Waals surface area contributed by atoms with Crippen LogP contribution >= 0.6 is 0 Å². The SMILES string of the molecule is O=C(O)c1ccc2c(c1)N(Cc1ccccc1)CCO2. The van der Waals surface area contributed by atoms with Crippen LogP contribution in [0.4, 0.5) is 5.69 Å². The number of benzene rings is 2. The molecule has 4 nitrogen and oxygen atoms in total. The van der Waals surface area contributed by atoms with Gasteiger partial charge in [0.1, 0.15) is 12.4 Å². The highest BCUT2D eigenvalue weighted by Crippen LogP contribution is 2.33. The van der Waals surface area contributed by atoms with Gasteiger partial charge in [-0.3, -0.25) is 0 Å². The lowest BCUT2D eigenvalue weighted by atomic mass is 10.1. The van der Waals surface area contributed by atoms with Crippen molar-refractivity contribution >= 4 is 11.7 Å². The van der Waals surface area contributed by atoms with Crippen molar-refractivity contribution in [2.24, 2.45) is 0 Å². The summed E-state index contributed by atoms with van der Waals surface area (Å²) in [7, 11) is 0. The quantitative estimate of drug-likeness (QED) is 0.930. The van der Waals surface area contributed by atoms with Crippen molar-refractivity contribution in [3.05, 3.63) is 59.7 Å². The first-order valence-electron chi connectivity index (χ1n) is 6.53. The van der Waals surface area contributed by atoms with Crippen molar-refractivity contribution in [2.75, 3.05) is 18.1 Å². The molecule has 1 N–H and O–H groups in total. The fourth-order valence-corrected chi connectivity index (χ4v) is 2.37. The molecular weight excluding hydrogens is 254 g/mol. The van der Waals surface area contributed by atoms with Gasteiger partial charge in [0, 0.05) is 6.54 Å². The zero-order chi connectivity index (χ0) is 13.9. The number of ether oxygens (including phenoxy) is 1. The number of nitrogens with zero attached hydrogens (tertiary/aromatic N) is 1. The maximum atomic E-state index is 11.1. The molecule has 0 atom stereocenters. The van der Waals surface area contributed by atoms with Crippen LogP contribution < -0.4 is 9.64 Å². The maximum absolute atomic E-state index is 11.1. The molecule has 2 aromatic rings. The van der Waals surface area contributed by atoms with Crippen molar-refractivity contribution in [3.63, 3.8) is 0 Å². The molecule has 1 aliphatic rings. The van der Waals surface area contributed by atoms with Crippen LogP contribution in [0.15, 0.2) is 48.5 Å². The second-order valence-electron chi connectivity index (χ2n) is 4.74. The van der Waals surface area contributed by atoms with Gasteiger partial charge in [-0.15, -0.1) is 0 Å². The van der Waals surface area contributed by atoms with E-state index in [2.05, 4.69) is 17.0 Å². The highest BCUT2D eigenvalue weighted by molar-refractivity contribution is 5.89. The minimum atomic E-state index is -0.918. The van der Waals surface area contributed by atoms with Crippen LogP contribution in [0.5, 0.6) is 5.75 Å². The summed E-state index contributed by atoms with van der Waals surface area (Å²) in [6, 6.07) is 15.1. The number of hydrogen-bond acceptors (Lipinski definition) is 3. The minimum Gasteiger partial charge on any atom is -0.490 e. The lowest BCUT2D eigenvalue weighted by Gasteiger charge is -2.31. The van der Waals surface area contributed by atoms with Crippen LogP contribution in [0.2, 0.25) is 0 Å². The predicted molar refractivity (Wildman–Crippen MR) is 76.4 cm³/mol. The van der Waals surface area contributed by atoms with Gasteiger partial charge in [-0.1, -0.05) is 30.3 Å². The van der Waals surface area contributed by atoms with Crippen LogP contribution in [0.25, 0.3) is 0 Å². The molecule has 0 bridgehead atoms. The zero-order valence-corrected chi connectivity index (χ0v) is 11.0. The summed E-state index contributed by atoms with van der Waals surface area (Å²) >= 11 is 0. The first-order valence-corrected chi connectivity index (χ1v) is 6.53. The molecule has 102 valence electrons. The van der Waals surface area contributed by atoms with E-state index in [0.717, 1.165) is 24.5 Å². The van der Waals surface area contributed by atoms with Gasteiger partial charge in [0.05, 0.1) is 17.8 Å². The van der Waals surface area contributed by atoms with Crippen LogP contribution in [0.3, 0.4) is 0 Å². The third-order valence-corrected chi connectivity index (χ3v) is 3.38. The van der Waals surface area contributed by atoms with Gasteiger partial charge in [0.15, 0.2) is 0 Å². The van der Waals surface area contributed by atoms with Gasteiger partial charge in [-0.05, 0) is 23.8 Å². The van der Waals surface area contributed by atoms with E-state index in [4.69, 9.17) is 9.84 Å². The molecule has 0 unspecified atom stereocenters. The molecule has 0 fully saturated rings. The van der Waals surface area contributed by atoms with E-state index in [0.29, 0.717) is 6.61 Å². The van der Waals surface area contributed by atoms with E-state index in [-0.39, 0.29) is 5.56 Å². The average Bonchev–Trinajstić information content (AvgIpc) is 2.48. The number of aromatic carboxylic acids is 1. The molecule has 0 aromatic heterocycles. The Bertz CT molecular complexity index is 625. The van der Waals surface area contributed by atoms with Crippen molar-refractivity contribution < 1.29 is 14.6 Å². The monoisotopic (exact) mass is 269 g/mol. The van der Waals surface area contributed by atoms with Gasteiger partial charge in [-0.25, -0.2) is 4.79 Å². The standard InChI is InChI=1S/C16H15NO3/c18-16(19)13-6-7-15-14(10-13)17(8-9-20-15)11-12-4-2-1-3-5-12/h1-7,10H,8-9,11H2,(H,18,19). The lowest BCUT2D eigenvalue weighted by molar-refractivity contribution is 0.0697. The highest BCUT2D eigenvalue weighted by atomic mass is 16.5. The topological polar surface area (TPSA) is 49.8 Å². The summed E-state index contributed by atoms with van der Waals surface area (Å²) in [6.07, 6.45) is 0. The zero-order valence-electron chi connectivity index (χ0n) is 11.0. The van der Waals surface area contributed by atoms with Crippen LogP contribution in [-0.2, 0) is 6.54 Å². The number of fused-ring (bicyclic) bond motifs is 1. The smallest absolute Gasteiger partial charge is 0.335 e. The summed E-state index contributed by atoms with van der Waals surface area (Å²) in [6.45, 7) is 2.12. The summed E-state index contributed by atoms with van der Waals surface area (Å²) in [5.74, 6) is -0.171. The number of hydrogen-bond donors (Lipinski definition) is 1. The molecule has 0 saturated carbocycles. The molecule has 0 radical (unpaired) electrons. The minimum absolute atomic E-state index is 0.285. The normalized spacial score (nSPS) is 13.5. The van der Waals surface area contributed by atoms with E-state index in [1.165, 1.54) is 5.56 Å². The third-order valence-electron chi connectivity index (χ3n) is 3.38. The Labute approximate surface area is 117 Å². The number of rotatable bonds is 3. The van der Waals surface area contributed by atoms with E-state index in [1.807, 2.05) is 18.2 Å². The molecule has 3 rings (SSSR count). The Hall–Kier alpha value is -2.49. The largest absolute Gasteiger partial charge is 0.490 e. The summed E-state index contributed by atoms with van der Waals surface area (Å²) < 4.78 is 5.59. The number of carboxylic acid groups (broad SMARTS) is 1. The van der Waals surface area contributed by atoms with Crippen molar-refractivity contribution in [2.45, 2.75) is 6.54 Å². The Morgan fingerprint density at radius 1 is 1.20 bits per heavy atom. The molecular formula is C16H15NO3. The first kappa shape index (κ1) is 12.5. The Morgan fingerprint density at radius 3 is 2.75 bits per heavy atom. The summed E-state index contributed by atoms with van der Waals surface area (Å²) in [5, 5.41) is 9.10. The van der Waals surface area contributed by atoms with E-state index in [9.17, 15) is 4.79 Å². The van der Waals surface area contributed by atoms with E-state index < -0.39 is 5.97 Å². The van der Waals surface area contributed by atoms with Crippen molar-refractivity contribution in [1.29, 1.82) is 0 Å². The van der Waals surface area contributed by atoms with Crippen LogP contribution in [0.1, 0.15) is 15.9 Å². The number of anilines is 1. The van der Waals surface area contributed by atoms with E-state index in [1.54, 1.807) is 18.2 Å². The molecule has 0 aliphatic carbocycles. The predicted octanol–water partition coefficient (Wildman–Crippen LogP) is 2.78. The van der Waals surface area contributed by atoms with Gasteiger partial charge >= 0.3 is 5.97 Å². The molecule has 1 aliphatic heterocycles. The van der Waals surface area contributed by atoms with Crippen LogP contribution in [-0.4, -0.2) is 24.2 Å². The summed E-state index contributed by atoms with van der Waals surface area (Å²) in [5.41, 5.74) is 2.33. The molecule has 0 spiro atoms. The Morgan fingerprint density at radius 2 is 2.00 bits per heavy atom. The molecule has 0 saturated heterocycles. The number of carboxylic acids is 1. The molecule has 0 amide bonds. The highest BCUT2D eigenvalue weighted by Gasteiger charge is 2.19. The van der Waals surface area contributed by atoms with Crippen LogP contribution in [0, 0.1) is 0 Å². The first-order chi connectivity index (χ1) is 9.74. The van der Waals surface area contributed by atoms with Gasteiger partial charge in [0.25, 0.3) is 0 Å². The fourth-order valence-electron chi connectivity index (χ4n) is 2.37. The second-order valence-corrected chi connectivity index (χ2v) is 4.74. The van der Waals surface area contributed by atoms with Crippen molar-refractivity contribution in [3.8, 4) is 5.75 Å². The number of carbonyl (C=O) groups is 1. The molecule has 2 aromatic carbocycles. The summed E-state index contributed by atoms with van der Waals surface area (Å²) in [4.78, 5) is 13.2. The molecule has 20 heavy (non-hydrogen) atoms. The lowest BCUT2D eigenvalue weighted by Crippen LogP contribution is -2.32. The Kier molecular flexibility index (Phi) is 3.29. The fraction of sp³-hybridized carbons (Fsp3) is 0.188. The second kappa shape index (κ2) is 5.25. The molecule has 4 heteroatoms. The van der Waals surface area contributed by atoms with Gasteiger partial charge < -0.3 is 14.7 Å². The van der Waals surface area contributed by atoms with Crippen molar-refractivity contribution in [1.82, 2.24) is 0 Å². The third kappa shape index (κ3) is 2.45. The maximum Gasteiger partial charge on any atom is 0.335 e. The molecule has 1 heterocycles. The van der Waals surface area contributed by atoms with Gasteiger partial charge in [0.2, 0.25) is 0 Å². The van der Waals surface area contributed by atoms with E-state index >= 15 is 0 Å². The van der Waals surface area contributed by atoms with Gasteiger partial charge in [-0.2, -0.15) is 0 Å². The average molecular weight is 269 g/mol.